The highest BCUT2D eigenvalue weighted by atomic mass is 16.5. The molecule has 1 aliphatic heterocycles. The van der Waals surface area contributed by atoms with Crippen LogP contribution in [0.3, 0.4) is 0 Å². The molecule has 0 aromatic carbocycles. The van der Waals surface area contributed by atoms with Crippen LogP contribution < -0.4 is 10.6 Å². The number of hydrogen-bond acceptors (Lipinski definition) is 6. The lowest BCUT2D eigenvalue weighted by Crippen LogP contribution is -2.38. The summed E-state index contributed by atoms with van der Waals surface area (Å²) in [6.45, 7) is 1.87. The molecule has 110 valence electrons. The fourth-order valence-corrected chi connectivity index (χ4v) is 2.28. The van der Waals surface area contributed by atoms with Crippen LogP contribution in [-0.2, 0) is 4.74 Å². The monoisotopic (exact) mass is 281 g/mol. The van der Waals surface area contributed by atoms with Crippen molar-refractivity contribution in [3.05, 3.63) is 17.8 Å². The minimum atomic E-state index is -1.05. The predicted molar refractivity (Wildman–Crippen MR) is 73.9 cm³/mol. The van der Waals surface area contributed by atoms with Gasteiger partial charge < -0.3 is 25.6 Å². The number of pyridine rings is 1. The van der Waals surface area contributed by atoms with E-state index in [0.29, 0.717) is 12.4 Å². The highest BCUT2D eigenvalue weighted by Crippen LogP contribution is 2.22. The zero-order valence-corrected chi connectivity index (χ0v) is 11.2. The summed E-state index contributed by atoms with van der Waals surface area (Å²) in [6.07, 6.45) is 3.18. The van der Waals surface area contributed by atoms with Crippen molar-refractivity contribution in [3.63, 3.8) is 0 Å². The molecule has 0 aliphatic carbocycles. The van der Waals surface area contributed by atoms with Crippen LogP contribution in [0.1, 0.15) is 23.2 Å². The van der Waals surface area contributed by atoms with Crippen molar-refractivity contribution in [1.29, 1.82) is 0 Å². The molecule has 20 heavy (non-hydrogen) atoms. The quantitative estimate of drug-likeness (QED) is 0.714. The number of carbonyl (C=O) groups is 1. The molecule has 0 radical (unpaired) electrons. The molecule has 0 saturated carbocycles. The summed E-state index contributed by atoms with van der Waals surface area (Å²) in [6, 6.07) is 1.51. The molecule has 1 fully saturated rings. The first-order valence-corrected chi connectivity index (χ1v) is 6.58. The van der Waals surface area contributed by atoms with Crippen LogP contribution in [0, 0.1) is 0 Å². The van der Waals surface area contributed by atoms with E-state index in [1.54, 1.807) is 0 Å². The van der Waals surface area contributed by atoms with Crippen LogP contribution in [0.2, 0.25) is 0 Å². The highest BCUT2D eigenvalue weighted by Gasteiger charge is 2.21. The van der Waals surface area contributed by atoms with Crippen molar-refractivity contribution in [3.8, 4) is 0 Å². The van der Waals surface area contributed by atoms with Crippen LogP contribution in [0.15, 0.2) is 12.3 Å². The number of nitrogen functional groups attached to an aromatic ring is 1. The molecule has 7 nitrogen and oxygen atoms in total. The minimum Gasteiger partial charge on any atom is -0.478 e. The van der Waals surface area contributed by atoms with E-state index < -0.39 is 5.97 Å². The van der Waals surface area contributed by atoms with Gasteiger partial charge in [-0.05, 0) is 18.9 Å². The van der Waals surface area contributed by atoms with Crippen molar-refractivity contribution in [1.82, 2.24) is 4.98 Å². The minimum absolute atomic E-state index is 0.0295. The van der Waals surface area contributed by atoms with Crippen LogP contribution in [0.25, 0.3) is 0 Å². The van der Waals surface area contributed by atoms with Gasteiger partial charge in [0.15, 0.2) is 0 Å². The molecule has 1 aromatic heterocycles. The second kappa shape index (κ2) is 6.53. The van der Waals surface area contributed by atoms with Gasteiger partial charge in [-0.15, -0.1) is 0 Å². The zero-order chi connectivity index (χ0) is 14.5. The first kappa shape index (κ1) is 14.5. The number of anilines is 2. The van der Waals surface area contributed by atoms with Crippen molar-refractivity contribution < 1.29 is 19.7 Å². The summed E-state index contributed by atoms with van der Waals surface area (Å²) < 4.78 is 5.49. The number of aliphatic hydroxyl groups excluding tert-OH is 1. The zero-order valence-electron chi connectivity index (χ0n) is 11.2. The number of hydrogen-bond donors (Lipinski definition) is 3. The molecule has 4 N–H and O–H groups in total. The van der Waals surface area contributed by atoms with E-state index >= 15 is 0 Å². The number of carboxylic acid groups (broad SMARTS) is 1. The first-order valence-electron chi connectivity index (χ1n) is 6.58. The van der Waals surface area contributed by atoms with Gasteiger partial charge in [-0.25, -0.2) is 9.78 Å². The van der Waals surface area contributed by atoms with E-state index in [0.717, 1.165) is 25.9 Å². The summed E-state index contributed by atoms with van der Waals surface area (Å²) in [4.78, 5) is 17.3. The fourth-order valence-electron chi connectivity index (χ4n) is 2.28. The molecule has 0 amide bonds. The number of piperidine rings is 1. The Labute approximate surface area is 117 Å². The Morgan fingerprint density at radius 2 is 2.20 bits per heavy atom. The number of ether oxygens (including phenoxy) is 1. The Kier molecular flexibility index (Phi) is 4.75. The average molecular weight is 281 g/mol. The normalized spacial score (nSPS) is 16.4. The fraction of sp³-hybridized carbons (Fsp3) is 0.538. The lowest BCUT2D eigenvalue weighted by molar-refractivity contribution is 0.0158. The van der Waals surface area contributed by atoms with Crippen LogP contribution >= 0.6 is 0 Å². The van der Waals surface area contributed by atoms with Gasteiger partial charge in [-0.2, -0.15) is 0 Å². The summed E-state index contributed by atoms with van der Waals surface area (Å²) in [5.41, 5.74) is 5.84. The van der Waals surface area contributed by atoms with E-state index in [1.807, 2.05) is 4.90 Å². The van der Waals surface area contributed by atoms with E-state index in [9.17, 15) is 4.79 Å². The summed E-state index contributed by atoms with van der Waals surface area (Å²) >= 11 is 0. The van der Waals surface area contributed by atoms with E-state index in [1.165, 1.54) is 12.3 Å². The third-order valence-electron chi connectivity index (χ3n) is 3.36. The highest BCUT2D eigenvalue weighted by molar-refractivity contribution is 5.94. The molecule has 2 rings (SSSR count). The van der Waals surface area contributed by atoms with Gasteiger partial charge in [-0.3, -0.25) is 0 Å². The Balaban J connectivity index is 2.00. The van der Waals surface area contributed by atoms with Gasteiger partial charge in [0.25, 0.3) is 0 Å². The molecule has 1 saturated heterocycles. The Hall–Kier alpha value is -1.86. The molecule has 7 heteroatoms. The molecule has 1 aromatic rings. The lowest BCUT2D eigenvalue weighted by Gasteiger charge is -2.32. The smallest absolute Gasteiger partial charge is 0.337 e. The Morgan fingerprint density at radius 1 is 1.50 bits per heavy atom. The molecule has 0 unspecified atom stereocenters. The van der Waals surface area contributed by atoms with Crippen molar-refractivity contribution in [2.75, 3.05) is 36.9 Å². The summed E-state index contributed by atoms with van der Waals surface area (Å²) in [7, 11) is 0. The van der Waals surface area contributed by atoms with E-state index in [2.05, 4.69) is 4.98 Å². The number of aromatic nitrogens is 1. The average Bonchev–Trinajstić information content (AvgIpc) is 2.46. The van der Waals surface area contributed by atoms with Gasteiger partial charge in [-0.1, -0.05) is 0 Å². The molecule has 0 spiro atoms. The summed E-state index contributed by atoms with van der Waals surface area (Å²) in [5, 5.41) is 17.8. The second-order valence-corrected chi connectivity index (χ2v) is 4.72. The number of aliphatic hydroxyl groups is 1. The van der Waals surface area contributed by atoms with Crippen LogP contribution in [0.5, 0.6) is 0 Å². The molecular formula is C13H19N3O4. The van der Waals surface area contributed by atoms with Crippen LogP contribution in [0.4, 0.5) is 11.5 Å². The molecular weight excluding hydrogens is 262 g/mol. The van der Waals surface area contributed by atoms with Gasteiger partial charge in [0.05, 0.1) is 36.8 Å². The first-order chi connectivity index (χ1) is 9.61. The number of nitrogens with zero attached hydrogens (tertiary/aromatic N) is 2. The van der Waals surface area contributed by atoms with Crippen LogP contribution in [-0.4, -0.2) is 53.6 Å². The van der Waals surface area contributed by atoms with E-state index in [4.69, 9.17) is 20.7 Å². The molecule has 0 atom stereocenters. The molecule has 0 bridgehead atoms. The molecule has 2 heterocycles. The third-order valence-corrected chi connectivity index (χ3v) is 3.36. The SMILES string of the molecule is Nc1cnc(N2CCC(OCCO)CC2)cc1C(=O)O. The number of aromatic carboxylic acids is 1. The second-order valence-electron chi connectivity index (χ2n) is 4.72. The Morgan fingerprint density at radius 3 is 2.80 bits per heavy atom. The standard InChI is InChI=1S/C13H19N3O4/c14-11-8-15-12(7-10(11)13(18)19)16-3-1-9(2-4-16)20-6-5-17/h7-9,17H,1-6,14H2,(H,18,19). The van der Waals surface area contributed by atoms with Crippen molar-refractivity contribution in [2.45, 2.75) is 18.9 Å². The maximum Gasteiger partial charge on any atom is 0.337 e. The third kappa shape index (κ3) is 3.37. The number of rotatable bonds is 5. The maximum absolute atomic E-state index is 11.1. The summed E-state index contributed by atoms with van der Waals surface area (Å²) in [5.74, 6) is -0.426. The number of carboxylic acids is 1. The lowest BCUT2D eigenvalue weighted by atomic mass is 10.1. The van der Waals surface area contributed by atoms with E-state index in [-0.39, 0.29) is 24.0 Å². The molecule has 1 aliphatic rings. The Bertz CT molecular complexity index is 473. The topological polar surface area (TPSA) is 109 Å². The van der Waals surface area contributed by atoms with Gasteiger partial charge in [0.2, 0.25) is 0 Å². The van der Waals surface area contributed by atoms with Crippen molar-refractivity contribution >= 4 is 17.5 Å². The van der Waals surface area contributed by atoms with Crippen molar-refractivity contribution in [2.24, 2.45) is 0 Å². The van der Waals surface area contributed by atoms with Gasteiger partial charge in [0.1, 0.15) is 5.82 Å². The van der Waals surface area contributed by atoms with Gasteiger partial charge in [0, 0.05) is 13.1 Å². The predicted octanol–water partition coefficient (Wildman–Crippen LogP) is 0.340. The van der Waals surface area contributed by atoms with Gasteiger partial charge >= 0.3 is 5.97 Å². The maximum atomic E-state index is 11.1. The largest absolute Gasteiger partial charge is 0.478 e. The number of nitrogens with two attached hydrogens (primary N) is 1.